The molecule has 0 aliphatic rings. The molecule has 0 fully saturated rings. The molecule has 0 aromatic heterocycles. The van der Waals surface area contributed by atoms with Crippen LogP contribution in [0.2, 0.25) is 5.02 Å². The molecule has 0 heterocycles. The number of amidine groups is 1. The first-order valence-corrected chi connectivity index (χ1v) is 11.3. The maximum absolute atomic E-state index is 12.7. The molecule has 0 aliphatic carbocycles. The minimum absolute atomic E-state index is 0.0309. The lowest BCUT2D eigenvalue weighted by Crippen LogP contribution is -2.43. The van der Waals surface area contributed by atoms with Crippen molar-refractivity contribution >= 4 is 35.2 Å². The number of nitrogens with zero attached hydrogens (tertiary/aromatic N) is 1. The number of benzene rings is 2. The summed E-state index contributed by atoms with van der Waals surface area (Å²) in [7, 11) is 1.51. The van der Waals surface area contributed by atoms with Crippen LogP contribution in [0.15, 0.2) is 36.4 Å². The molecule has 0 atom stereocenters. The van der Waals surface area contributed by atoms with Crippen LogP contribution in [-0.2, 0) is 20.9 Å². The first-order valence-electron chi connectivity index (χ1n) is 10.9. The maximum atomic E-state index is 12.7. The molecule has 0 saturated heterocycles. The van der Waals surface area contributed by atoms with Gasteiger partial charge in [0.2, 0.25) is 11.8 Å². The number of carboxylic acids is 1. The lowest BCUT2D eigenvalue weighted by Gasteiger charge is -2.26. The van der Waals surface area contributed by atoms with E-state index in [9.17, 15) is 19.5 Å². The zero-order chi connectivity index (χ0) is 26.3. The molecule has 0 radical (unpaired) electrons. The Morgan fingerprint density at radius 1 is 1.09 bits per heavy atom. The van der Waals surface area contributed by atoms with Gasteiger partial charge in [-0.2, -0.15) is 0 Å². The smallest absolute Gasteiger partial charge is 0.347 e. The van der Waals surface area contributed by atoms with E-state index in [1.165, 1.54) is 20.9 Å². The molecule has 0 spiro atoms. The summed E-state index contributed by atoms with van der Waals surface area (Å²) < 4.78 is 5.75. The molecule has 9 nitrogen and oxygen atoms in total. The Morgan fingerprint density at radius 2 is 1.69 bits per heavy atom. The van der Waals surface area contributed by atoms with E-state index in [1.807, 2.05) is 26.0 Å². The minimum Gasteiger partial charge on any atom is -0.478 e. The first kappa shape index (κ1) is 27.8. The van der Waals surface area contributed by atoms with Crippen LogP contribution in [0.1, 0.15) is 36.1 Å². The molecule has 0 unspecified atom stereocenters. The maximum Gasteiger partial charge on any atom is 0.347 e. The third kappa shape index (κ3) is 8.08. The Hall–Kier alpha value is -3.43. The summed E-state index contributed by atoms with van der Waals surface area (Å²) in [4.78, 5) is 37.8. The lowest BCUT2D eigenvalue weighted by atomic mass is 10.0. The molecule has 10 heteroatoms. The van der Waals surface area contributed by atoms with Crippen LogP contribution in [0.4, 0.5) is 0 Å². The average Bonchev–Trinajstić information content (AvgIpc) is 2.75. The molecule has 4 N–H and O–H groups in total. The van der Waals surface area contributed by atoms with E-state index in [4.69, 9.17) is 21.7 Å². The van der Waals surface area contributed by atoms with Crippen molar-refractivity contribution in [3.05, 3.63) is 63.7 Å². The Morgan fingerprint density at radius 3 is 2.23 bits per heavy atom. The normalized spacial score (nSPS) is 11.2. The predicted molar refractivity (Wildman–Crippen MR) is 134 cm³/mol. The second-order valence-corrected chi connectivity index (χ2v) is 9.16. The molecule has 2 rings (SSSR count). The van der Waals surface area contributed by atoms with Gasteiger partial charge in [0.15, 0.2) is 5.60 Å². The van der Waals surface area contributed by atoms with E-state index in [-0.39, 0.29) is 31.4 Å². The van der Waals surface area contributed by atoms with Crippen molar-refractivity contribution in [2.24, 2.45) is 0 Å². The third-order valence-electron chi connectivity index (χ3n) is 5.19. The third-order valence-corrected chi connectivity index (χ3v) is 5.42. The number of ether oxygens (including phenoxy) is 1. The van der Waals surface area contributed by atoms with Crippen molar-refractivity contribution in [1.82, 2.24) is 15.5 Å². The number of halogens is 1. The fraction of sp³-hybridized carbons (Fsp3) is 0.360. The summed E-state index contributed by atoms with van der Waals surface area (Å²) in [6, 6.07) is 10.3. The Kier molecular flexibility index (Phi) is 9.39. The average molecular weight is 503 g/mol. The van der Waals surface area contributed by atoms with Gasteiger partial charge in [-0.15, -0.1) is 0 Å². The van der Waals surface area contributed by atoms with Crippen molar-refractivity contribution in [2.45, 2.75) is 39.8 Å². The number of carbonyl (C=O) groups excluding carboxylic acids is 2. The van der Waals surface area contributed by atoms with E-state index in [2.05, 4.69) is 10.6 Å². The van der Waals surface area contributed by atoms with Crippen molar-refractivity contribution in [2.75, 3.05) is 20.1 Å². The summed E-state index contributed by atoms with van der Waals surface area (Å²) in [5, 5.41) is 23.0. The van der Waals surface area contributed by atoms with Crippen molar-refractivity contribution in [3.63, 3.8) is 0 Å². The minimum atomic E-state index is -1.40. The lowest BCUT2D eigenvalue weighted by molar-refractivity contribution is -0.152. The fourth-order valence-electron chi connectivity index (χ4n) is 3.40. The van der Waals surface area contributed by atoms with E-state index in [0.29, 0.717) is 16.3 Å². The van der Waals surface area contributed by atoms with Gasteiger partial charge in [-0.3, -0.25) is 19.9 Å². The summed E-state index contributed by atoms with van der Waals surface area (Å²) in [5.41, 5.74) is 1.37. The number of aliphatic carboxylic acids is 1. The summed E-state index contributed by atoms with van der Waals surface area (Å²) in [5.74, 6) is -1.40. The number of likely N-dealkylation sites (N-methyl/N-ethyl adjacent to an activating group) is 1. The van der Waals surface area contributed by atoms with Crippen LogP contribution in [0, 0.1) is 19.3 Å². The van der Waals surface area contributed by atoms with Crippen molar-refractivity contribution in [3.8, 4) is 5.75 Å². The topological polar surface area (TPSA) is 132 Å². The first-order chi connectivity index (χ1) is 16.3. The molecule has 2 aromatic carbocycles. The van der Waals surface area contributed by atoms with Crippen LogP contribution >= 0.6 is 11.6 Å². The Balaban J connectivity index is 2.18. The molecule has 188 valence electrons. The highest BCUT2D eigenvalue weighted by molar-refractivity contribution is 6.31. The van der Waals surface area contributed by atoms with Crippen molar-refractivity contribution in [1.29, 1.82) is 5.41 Å². The van der Waals surface area contributed by atoms with E-state index in [0.717, 1.165) is 16.7 Å². The van der Waals surface area contributed by atoms with Gasteiger partial charge in [0.1, 0.15) is 11.6 Å². The number of amides is 2. The van der Waals surface area contributed by atoms with E-state index < -0.39 is 17.5 Å². The highest BCUT2D eigenvalue weighted by Gasteiger charge is 2.30. The molecule has 2 amide bonds. The Bertz CT molecular complexity index is 1110. The molecule has 0 aliphatic heterocycles. The molecular formula is C25H31ClN4O5. The highest BCUT2D eigenvalue weighted by Crippen LogP contribution is 2.29. The second kappa shape index (κ2) is 11.8. The van der Waals surface area contributed by atoms with E-state index in [1.54, 1.807) is 29.2 Å². The van der Waals surface area contributed by atoms with Gasteiger partial charge in [-0.1, -0.05) is 35.9 Å². The monoisotopic (exact) mass is 502 g/mol. The van der Waals surface area contributed by atoms with Crippen LogP contribution < -0.4 is 15.4 Å². The number of rotatable bonds is 10. The van der Waals surface area contributed by atoms with Gasteiger partial charge < -0.3 is 20.5 Å². The summed E-state index contributed by atoms with van der Waals surface area (Å²) in [6.45, 7) is 6.70. The molecule has 0 saturated carbocycles. The largest absolute Gasteiger partial charge is 0.478 e. The van der Waals surface area contributed by atoms with E-state index >= 15 is 0 Å². The SMILES string of the molecule is CNC(=O)CN(CC(=O)NC(=N)c1cccc(Cl)c1)Cc1cc(C)c(OC(C)(C)C(=O)O)c(C)c1. The quantitative estimate of drug-likeness (QED) is 0.292. The molecule has 2 aromatic rings. The summed E-state index contributed by atoms with van der Waals surface area (Å²) >= 11 is 5.96. The highest BCUT2D eigenvalue weighted by atomic mass is 35.5. The summed E-state index contributed by atoms with van der Waals surface area (Å²) in [6.07, 6.45) is 0. The van der Waals surface area contributed by atoms with Crippen molar-refractivity contribution < 1.29 is 24.2 Å². The number of carboxylic acid groups (broad SMARTS) is 1. The number of hydrogen-bond donors (Lipinski definition) is 4. The van der Waals surface area contributed by atoms with Crippen LogP contribution in [0.5, 0.6) is 5.75 Å². The molecular weight excluding hydrogens is 472 g/mol. The van der Waals surface area contributed by atoms with Gasteiger partial charge in [0, 0.05) is 24.2 Å². The Labute approximate surface area is 209 Å². The van der Waals surface area contributed by atoms with Crippen LogP contribution in [0.3, 0.4) is 0 Å². The zero-order valence-electron chi connectivity index (χ0n) is 20.5. The van der Waals surface area contributed by atoms with Crippen LogP contribution in [-0.4, -0.2) is 59.4 Å². The van der Waals surface area contributed by atoms with Gasteiger partial charge in [-0.05, 0) is 56.5 Å². The fourth-order valence-corrected chi connectivity index (χ4v) is 3.59. The number of carbonyl (C=O) groups is 3. The van der Waals surface area contributed by atoms with Gasteiger partial charge >= 0.3 is 5.97 Å². The second-order valence-electron chi connectivity index (χ2n) is 8.73. The van der Waals surface area contributed by atoms with Gasteiger partial charge in [0.25, 0.3) is 0 Å². The number of hydrogen-bond acceptors (Lipinski definition) is 6. The molecule has 35 heavy (non-hydrogen) atoms. The number of nitrogens with one attached hydrogen (secondary N) is 3. The number of aryl methyl sites for hydroxylation is 2. The zero-order valence-corrected chi connectivity index (χ0v) is 21.2. The standard InChI is InChI=1S/C25H31ClN4O5/c1-15-9-17(10-16(2)22(15)35-25(3,4)24(33)34)12-30(13-20(31)28-5)14-21(32)29-23(27)18-7-6-8-19(26)11-18/h6-11H,12-14H2,1-5H3,(H,28,31)(H,33,34)(H2,27,29,32). The molecule has 0 bridgehead atoms. The van der Waals surface area contributed by atoms with Gasteiger partial charge in [0.05, 0.1) is 13.1 Å². The van der Waals surface area contributed by atoms with Gasteiger partial charge in [-0.25, -0.2) is 4.79 Å². The van der Waals surface area contributed by atoms with Crippen LogP contribution in [0.25, 0.3) is 0 Å². The predicted octanol–water partition coefficient (Wildman–Crippen LogP) is 2.89.